The molecular weight excluding hydrogens is 560 g/mol. The Morgan fingerprint density at radius 2 is 1.00 bits per heavy atom. The van der Waals surface area contributed by atoms with Crippen LogP contribution in [-0.2, 0) is 71.4 Å². The van der Waals surface area contributed by atoms with Crippen molar-refractivity contribution in [3.05, 3.63) is 0 Å². The van der Waals surface area contributed by atoms with E-state index in [2.05, 4.69) is 0 Å². The maximum Gasteiger partial charge on any atom is 0.303 e. The van der Waals surface area contributed by atoms with Crippen LogP contribution in [0.2, 0.25) is 0 Å². The number of aliphatic hydroxyl groups excluding tert-OH is 2. The van der Waals surface area contributed by atoms with Crippen LogP contribution in [0, 0.1) is 0 Å². The number of hydrogen-bond donors (Lipinski definition) is 2. The van der Waals surface area contributed by atoms with E-state index in [4.69, 9.17) is 42.6 Å². The normalized spacial score (nSPS) is 33.1. The second-order valence-electron chi connectivity index (χ2n) is 9.06. The second-order valence-corrected chi connectivity index (χ2v) is 9.06. The number of carbonyl (C=O) groups excluding carboxylic acids is 6. The summed E-state index contributed by atoms with van der Waals surface area (Å²) in [6.07, 6.45) is -16.0. The summed E-state index contributed by atoms with van der Waals surface area (Å²) >= 11 is 0. The molecule has 41 heavy (non-hydrogen) atoms. The topological polar surface area (TPSA) is 226 Å². The molecule has 232 valence electrons. The average molecular weight is 595 g/mol. The van der Waals surface area contributed by atoms with E-state index >= 15 is 0 Å². The van der Waals surface area contributed by atoms with E-state index in [9.17, 15) is 39.0 Å². The van der Waals surface area contributed by atoms with Crippen LogP contribution in [0.1, 0.15) is 41.5 Å². The summed E-state index contributed by atoms with van der Waals surface area (Å²) in [6, 6.07) is 0. The van der Waals surface area contributed by atoms with E-state index in [-0.39, 0.29) is 0 Å². The van der Waals surface area contributed by atoms with Gasteiger partial charge in [0.1, 0.15) is 24.9 Å². The molecule has 0 saturated carbocycles. The van der Waals surface area contributed by atoms with Crippen molar-refractivity contribution in [2.45, 2.75) is 103 Å². The zero-order chi connectivity index (χ0) is 31.0. The van der Waals surface area contributed by atoms with Crippen molar-refractivity contribution in [3.8, 4) is 0 Å². The molecule has 0 amide bonds. The molecule has 10 atom stereocenters. The van der Waals surface area contributed by atoms with Gasteiger partial charge in [-0.05, 0) is 0 Å². The highest BCUT2D eigenvalue weighted by molar-refractivity contribution is 5.69. The van der Waals surface area contributed by atoms with E-state index in [0.717, 1.165) is 41.5 Å². The first-order valence-corrected chi connectivity index (χ1v) is 12.4. The third-order valence-electron chi connectivity index (χ3n) is 5.63. The predicted octanol–water partition coefficient (Wildman–Crippen LogP) is -1.97. The molecule has 2 saturated heterocycles. The van der Waals surface area contributed by atoms with E-state index in [0.29, 0.717) is 0 Å². The maximum absolute atomic E-state index is 12.1. The van der Waals surface area contributed by atoms with Crippen LogP contribution in [0.3, 0.4) is 0 Å². The first-order valence-electron chi connectivity index (χ1n) is 12.4. The van der Waals surface area contributed by atoms with Crippen molar-refractivity contribution < 1.29 is 81.6 Å². The van der Waals surface area contributed by atoms with Crippen LogP contribution in [-0.4, -0.2) is 121 Å². The maximum atomic E-state index is 12.1. The first kappa shape index (κ1) is 33.8. The lowest BCUT2D eigenvalue weighted by atomic mass is 9.96. The van der Waals surface area contributed by atoms with Gasteiger partial charge in [-0.1, -0.05) is 0 Å². The molecule has 0 spiro atoms. The Balaban J connectivity index is 2.60. The highest BCUT2D eigenvalue weighted by Gasteiger charge is 2.57. The molecule has 0 aromatic rings. The first-order chi connectivity index (χ1) is 19.1. The molecule has 2 rings (SSSR count). The molecule has 2 fully saturated rings. The van der Waals surface area contributed by atoms with Crippen molar-refractivity contribution in [3.63, 3.8) is 0 Å². The fourth-order valence-corrected chi connectivity index (χ4v) is 4.30. The predicted molar refractivity (Wildman–Crippen MR) is 126 cm³/mol. The lowest BCUT2D eigenvalue weighted by Gasteiger charge is -2.48. The Morgan fingerprint density at radius 1 is 0.561 bits per heavy atom. The van der Waals surface area contributed by atoms with Gasteiger partial charge in [0.25, 0.3) is 0 Å². The Kier molecular flexibility index (Phi) is 12.4. The third kappa shape index (κ3) is 9.60. The Bertz CT molecular complexity index is 981. The van der Waals surface area contributed by atoms with Crippen LogP contribution < -0.4 is 0 Å². The summed E-state index contributed by atoms with van der Waals surface area (Å²) in [4.78, 5) is 71.2. The lowest BCUT2D eigenvalue weighted by molar-refractivity contribution is -0.357. The lowest BCUT2D eigenvalue weighted by Crippen LogP contribution is -2.67. The number of carbonyl (C=O) groups is 6. The summed E-state index contributed by atoms with van der Waals surface area (Å²) in [5, 5.41) is 20.4. The number of hydrogen-bond acceptors (Lipinski definition) is 17. The van der Waals surface area contributed by atoms with Crippen molar-refractivity contribution in [1.29, 1.82) is 0 Å². The smallest absolute Gasteiger partial charge is 0.303 e. The van der Waals surface area contributed by atoms with E-state index in [1.165, 1.54) is 0 Å². The molecule has 0 aromatic carbocycles. The number of esters is 6. The van der Waals surface area contributed by atoms with Gasteiger partial charge in [-0.2, -0.15) is 0 Å². The van der Waals surface area contributed by atoms with E-state index in [1.54, 1.807) is 0 Å². The summed E-state index contributed by atoms with van der Waals surface area (Å²) in [7, 11) is 0. The van der Waals surface area contributed by atoms with Gasteiger partial charge in [-0.3, -0.25) is 28.8 Å². The molecule has 0 radical (unpaired) electrons. The summed E-state index contributed by atoms with van der Waals surface area (Å²) < 4.78 is 48.5. The molecule has 17 nitrogen and oxygen atoms in total. The quantitative estimate of drug-likeness (QED) is 0.206. The van der Waals surface area contributed by atoms with Gasteiger partial charge >= 0.3 is 35.8 Å². The van der Waals surface area contributed by atoms with Crippen LogP contribution in [0.25, 0.3) is 0 Å². The monoisotopic (exact) mass is 594 g/mol. The summed E-state index contributed by atoms with van der Waals surface area (Å²) in [6.45, 7) is 4.85. The van der Waals surface area contributed by atoms with Crippen molar-refractivity contribution in [2.24, 2.45) is 0 Å². The van der Waals surface area contributed by atoms with Crippen LogP contribution >= 0.6 is 0 Å². The molecule has 2 N–H and O–H groups in total. The Hall–Kier alpha value is -3.38. The summed E-state index contributed by atoms with van der Waals surface area (Å²) in [5.74, 6) is -5.17. The molecule has 2 aliphatic heterocycles. The SMILES string of the molecule is CC(=O)OC[C@H]1O[C@H](O[C@H]2[C@H](OC(C)=O)[C@@H](OC(C)=O)[C@H](O)O[C@@H]2CO)[C@H](OC(C)=O)[C@@H](OC(C)=O)[C@@H]1OC(C)=O. The summed E-state index contributed by atoms with van der Waals surface area (Å²) in [5.41, 5.74) is 0. The van der Waals surface area contributed by atoms with Gasteiger partial charge in [-0.25, -0.2) is 0 Å². The molecule has 0 bridgehead atoms. The van der Waals surface area contributed by atoms with Gasteiger partial charge in [-0.15, -0.1) is 0 Å². The average Bonchev–Trinajstić information content (AvgIpc) is 2.83. The number of ether oxygens (including phenoxy) is 9. The zero-order valence-electron chi connectivity index (χ0n) is 23.2. The zero-order valence-corrected chi connectivity index (χ0v) is 23.2. The van der Waals surface area contributed by atoms with Gasteiger partial charge in [0.2, 0.25) is 0 Å². The van der Waals surface area contributed by atoms with Gasteiger partial charge in [0.15, 0.2) is 43.1 Å². The molecule has 2 heterocycles. The molecular formula is C24H34O17. The van der Waals surface area contributed by atoms with Crippen molar-refractivity contribution in [1.82, 2.24) is 0 Å². The fraction of sp³-hybridized carbons (Fsp3) is 0.750. The minimum atomic E-state index is -1.87. The minimum Gasteiger partial charge on any atom is -0.463 e. The van der Waals surface area contributed by atoms with Gasteiger partial charge in [0.05, 0.1) is 6.61 Å². The van der Waals surface area contributed by atoms with Crippen LogP contribution in [0.4, 0.5) is 0 Å². The van der Waals surface area contributed by atoms with Gasteiger partial charge in [0, 0.05) is 41.5 Å². The van der Waals surface area contributed by atoms with Crippen LogP contribution in [0.5, 0.6) is 0 Å². The standard InChI is InChI=1S/C24H34O17/c1-9(26)33-8-16-18(34-10(2)27)20(36-12(4)29)22(38-14(6)31)24(40-16)41-17-15(7-25)39-23(32)21(37-13(5)30)19(17)35-11(3)28/h15-25,32H,7-8H2,1-6H3/t15-,16-,17-,18-,19+,20+,21-,22-,23-,24-/m1/s1. The number of aliphatic hydroxyl groups is 2. The van der Waals surface area contributed by atoms with Gasteiger partial charge < -0.3 is 52.8 Å². The fourth-order valence-electron chi connectivity index (χ4n) is 4.30. The minimum absolute atomic E-state index is 0.551. The highest BCUT2D eigenvalue weighted by Crippen LogP contribution is 2.34. The third-order valence-corrected chi connectivity index (χ3v) is 5.63. The second kappa shape index (κ2) is 15.0. The highest BCUT2D eigenvalue weighted by atomic mass is 16.8. The number of rotatable bonds is 10. The van der Waals surface area contributed by atoms with Crippen molar-refractivity contribution in [2.75, 3.05) is 13.2 Å². The molecule has 17 heteroatoms. The largest absolute Gasteiger partial charge is 0.463 e. The Labute approximate surface area is 234 Å². The van der Waals surface area contributed by atoms with E-state index in [1.807, 2.05) is 0 Å². The molecule has 0 aromatic heterocycles. The van der Waals surface area contributed by atoms with Crippen molar-refractivity contribution >= 4 is 35.8 Å². The molecule has 0 unspecified atom stereocenters. The Morgan fingerprint density at radius 3 is 1.46 bits per heavy atom. The molecule has 2 aliphatic rings. The van der Waals surface area contributed by atoms with E-state index < -0.39 is 110 Å². The van der Waals surface area contributed by atoms with Crippen LogP contribution in [0.15, 0.2) is 0 Å². The molecule has 0 aliphatic carbocycles.